The van der Waals surface area contributed by atoms with Crippen LogP contribution in [0.15, 0.2) is 94.2 Å². The van der Waals surface area contributed by atoms with Gasteiger partial charge in [-0.25, -0.2) is 4.99 Å². The molecular weight excluding hydrogens is 316 g/mol. The first-order valence-corrected chi connectivity index (χ1v) is 9.12. The van der Waals surface area contributed by atoms with Gasteiger partial charge >= 0.3 is 0 Å². The van der Waals surface area contributed by atoms with Gasteiger partial charge in [-0.3, -0.25) is 4.99 Å². The molecule has 0 fully saturated rings. The monoisotopic (exact) mass is 340 g/mol. The van der Waals surface area contributed by atoms with Gasteiger partial charge < -0.3 is 0 Å². The third kappa shape index (κ3) is 2.48. The third-order valence-electron chi connectivity index (χ3n) is 5.59. The first-order valence-electron chi connectivity index (χ1n) is 9.12. The Bertz CT molecular complexity index is 902. The first kappa shape index (κ1) is 16.7. The zero-order valence-electron chi connectivity index (χ0n) is 15.8. The number of hydrogen-bond acceptors (Lipinski definition) is 2. The van der Waals surface area contributed by atoms with Crippen LogP contribution in [0.2, 0.25) is 0 Å². The normalized spacial score (nSPS) is 16.6. The number of allylic oxidation sites excluding steroid dienone is 3. The highest BCUT2D eigenvalue weighted by atomic mass is 14.9. The summed E-state index contributed by atoms with van der Waals surface area (Å²) in [6.07, 6.45) is 3.88. The van der Waals surface area contributed by atoms with Crippen LogP contribution in [0.4, 0.5) is 0 Å². The minimum absolute atomic E-state index is 0.182. The molecule has 2 nitrogen and oxygen atoms in total. The van der Waals surface area contributed by atoms with E-state index in [9.17, 15) is 0 Å². The summed E-state index contributed by atoms with van der Waals surface area (Å²) in [4.78, 5) is 9.73. The Morgan fingerprint density at radius 1 is 0.692 bits per heavy atom. The molecule has 0 aliphatic carbocycles. The molecule has 2 aliphatic heterocycles. The summed E-state index contributed by atoms with van der Waals surface area (Å²) in [6, 6.07) is 21.3. The molecule has 0 N–H and O–H groups in total. The van der Waals surface area contributed by atoms with E-state index in [0.29, 0.717) is 0 Å². The lowest BCUT2D eigenvalue weighted by Gasteiger charge is -2.33. The van der Waals surface area contributed by atoms with Crippen LogP contribution >= 0.6 is 0 Å². The van der Waals surface area contributed by atoms with E-state index in [2.05, 4.69) is 93.4 Å². The van der Waals surface area contributed by atoms with Crippen molar-refractivity contribution in [3.8, 4) is 0 Å². The highest BCUT2D eigenvalue weighted by molar-refractivity contribution is 6.55. The predicted octanol–water partition coefficient (Wildman–Crippen LogP) is 5.62. The van der Waals surface area contributed by atoms with E-state index < -0.39 is 0 Å². The zero-order chi connectivity index (χ0) is 18.4. The van der Waals surface area contributed by atoms with Crippen molar-refractivity contribution >= 4 is 11.4 Å². The number of fused-ring (bicyclic) bond motifs is 1. The average molecular weight is 340 g/mol. The van der Waals surface area contributed by atoms with E-state index in [1.165, 1.54) is 16.7 Å². The van der Waals surface area contributed by atoms with Crippen LogP contribution in [0.25, 0.3) is 0 Å². The van der Waals surface area contributed by atoms with Gasteiger partial charge in [0.2, 0.25) is 0 Å². The standard InChI is InChI=1S/C24H24N2/c1-23(2,17-11-7-5-8-12-17)20-21-19(15-16-25-21)26-22(20)24(3,4)18-13-9-6-10-14-18/h5-16H,1-4H3. The van der Waals surface area contributed by atoms with Crippen LogP contribution in [0.1, 0.15) is 38.8 Å². The summed E-state index contributed by atoms with van der Waals surface area (Å²) in [6.45, 7) is 9.07. The van der Waals surface area contributed by atoms with Crippen molar-refractivity contribution in [2.24, 2.45) is 9.98 Å². The highest BCUT2D eigenvalue weighted by Crippen LogP contribution is 2.45. The van der Waals surface area contributed by atoms with Crippen molar-refractivity contribution < 1.29 is 0 Å². The van der Waals surface area contributed by atoms with Crippen LogP contribution in [0.5, 0.6) is 0 Å². The van der Waals surface area contributed by atoms with Gasteiger partial charge in [-0.1, -0.05) is 88.4 Å². The van der Waals surface area contributed by atoms with Crippen molar-refractivity contribution in [2.45, 2.75) is 38.5 Å². The molecule has 0 radical (unpaired) electrons. The molecule has 0 saturated heterocycles. The predicted molar refractivity (Wildman–Crippen MR) is 110 cm³/mol. The van der Waals surface area contributed by atoms with Gasteiger partial charge in [0.05, 0.1) is 17.1 Å². The molecule has 0 aromatic heterocycles. The molecule has 0 saturated carbocycles. The van der Waals surface area contributed by atoms with E-state index in [4.69, 9.17) is 4.99 Å². The number of benzene rings is 2. The lowest BCUT2D eigenvalue weighted by atomic mass is 9.70. The van der Waals surface area contributed by atoms with Gasteiger partial charge in [-0.2, -0.15) is 0 Å². The Balaban J connectivity index is 1.93. The van der Waals surface area contributed by atoms with Crippen molar-refractivity contribution in [3.05, 3.63) is 95.3 Å². The van der Waals surface area contributed by atoms with E-state index in [1.807, 2.05) is 12.3 Å². The fourth-order valence-electron chi connectivity index (χ4n) is 3.93. The van der Waals surface area contributed by atoms with Crippen molar-refractivity contribution in [2.75, 3.05) is 0 Å². The summed E-state index contributed by atoms with van der Waals surface area (Å²) in [7, 11) is 0. The maximum atomic E-state index is 5.05. The van der Waals surface area contributed by atoms with Crippen LogP contribution in [-0.4, -0.2) is 11.4 Å². The third-order valence-corrected chi connectivity index (χ3v) is 5.59. The molecule has 0 unspecified atom stereocenters. The second-order valence-corrected chi connectivity index (χ2v) is 8.00. The Morgan fingerprint density at radius 2 is 1.23 bits per heavy atom. The zero-order valence-corrected chi connectivity index (χ0v) is 15.8. The maximum absolute atomic E-state index is 5.05. The van der Waals surface area contributed by atoms with E-state index in [-0.39, 0.29) is 10.8 Å². The minimum Gasteiger partial charge on any atom is -0.254 e. The Kier molecular flexibility index (Phi) is 3.80. The number of nitrogens with zero attached hydrogens (tertiary/aromatic N) is 2. The number of aliphatic imine (C=N–C) groups is 2. The summed E-state index contributed by atoms with van der Waals surface area (Å²) in [5, 5.41) is 0. The smallest absolute Gasteiger partial charge is 0.0946 e. The molecule has 0 atom stereocenters. The molecule has 0 bridgehead atoms. The molecule has 0 amide bonds. The minimum atomic E-state index is -0.198. The first-order chi connectivity index (χ1) is 12.4. The Morgan fingerprint density at radius 3 is 1.81 bits per heavy atom. The van der Waals surface area contributed by atoms with Gasteiger partial charge in [0.15, 0.2) is 0 Å². The van der Waals surface area contributed by atoms with Gasteiger partial charge in [0, 0.05) is 22.6 Å². The second kappa shape index (κ2) is 5.91. The topological polar surface area (TPSA) is 24.7 Å². The van der Waals surface area contributed by atoms with E-state index in [0.717, 1.165) is 17.1 Å². The average Bonchev–Trinajstić information content (AvgIpc) is 3.24. The number of hydrogen-bond donors (Lipinski definition) is 0. The van der Waals surface area contributed by atoms with E-state index in [1.54, 1.807) is 0 Å². The molecule has 2 aliphatic rings. The van der Waals surface area contributed by atoms with Crippen molar-refractivity contribution in [1.29, 1.82) is 0 Å². The van der Waals surface area contributed by atoms with Crippen molar-refractivity contribution in [3.63, 3.8) is 0 Å². The quantitative estimate of drug-likeness (QED) is 0.690. The second-order valence-electron chi connectivity index (χ2n) is 8.00. The number of rotatable bonds is 4. The summed E-state index contributed by atoms with van der Waals surface area (Å²) in [5.41, 5.74) is 6.54. The van der Waals surface area contributed by atoms with Crippen LogP contribution in [0, 0.1) is 0 Å². The van der Waals surface area contributed by atoms with Crippen molar-refractivity contribution in [1.82, 2.24) is 0 Å². The molecule has 2 heterocycles. The largest absolute Gasteiger partial charge is 0.254 e. The van der Waals surface area contributed by atoms with Crippen LogP contribution in [-0.2, 0) is 10.8 Å². The summed E-state index contributed by atoms with van der Waals surface area (Å²) < 4.78 is 0. The fraction of sp³-hybridized carbons (Fsp3) is 0.250. The van der Waals surface area contributed by atoms with Gasteiger partial charge in [-0.05, 0) is 17.2 Å². The molecule has 4 rings (SSSR count). The molecular formula is C24H24N2. The molecule has 2 heteroatoms. The molecule has 130 valence electrons. The fourth-order valence-corrected chi connectivity index (χ4v) is 3.93. The highest BCUT2D eigenvalue weighted by Gasteiger charge is 2.42. The Hall–Kier alpha value is -2.74. The maximum Gasteiger partial charge on any atom is 0.0946 e. The SMILES string of the molecule is CC(C)(C1=C(C(C)(C)c2ccccc2)C2=NC=CC2=N1)c1ccccc1. The van der Waals surface area contributed by atoms with E-state index >= 15 is 0 Å². The van der Waals surface area contributed by atoms with Crippen LogP contribution < -0.4 is 0 Å². The summed E-state index contributed by atoms with van der Waals surface area (Å²) >= 11 is 0. The molecule has 2 aromatic carbocycles. The molecule has 2 aromatic rings. The lowest BCUT2D eigenvalue weighted by molar-refractivity contribution is 0.575. The van der Waals surface area contributed by atoms with Gasteiger partial charge in [0.25, 0.3) is 0 Å². The molecule has 26 heavy (non-hydrogen) atoms. The van der Waals surface area contributed by atoms with Gasteiger partial charge in [-0.15, -0.1) is 0 Å². The lowest BCUT2D eigenvalue weighted by Crippen LogP contribution is -2.30. The van der Waals surface area contributed by atoms with Gasteiger partial charge in [0.1, 0.15) is 0 Å². The summed E-state index contributed by atoms with van der Waals surface area (Å²) in [5.74, 6) is 0. The molecule has 0 spiro atoms. The Labute approximate surface area is 155 Å². The van der Waals surface area contributed by atoms with Crippen LogP contribution in [0.3, 0.4) is 0 Å².